The van der Waals surface area contributed by atoms with Crippen molar-refractivity contribution in [2.75, 3.05) is 26.2 Å². The zero-order valence-corrected chi connectivity index (χ0v) is 13.7. The molecular formula is C15H24N4O4. The Balaban J connectivity index is 1.99. The molecule has 1 saturated carbocycles. The zero-order valence-electron chi connectivity index (χ0n) is 13.7. The lowest BCUT2D eigenvalue weighted by Crippen LogP contribution is -2.47. The Bertz CT molecular complexity index is 514. The lowest BCUT2D eigenvalue weighted by Gasteiger charge is -2.23. The first-order chi connectivity index (χ1) is 10.9. The van der Waals surface area contributed by atoms with Gasteiger partial charge in [-0.05, 0) is 26.7 Å². The summed E-state index contributed by atoms with van der Waals surface area (Å²) >= 11 is 0. The third-order valence-corrected chi connectivity index (χ3v) is 4.44. The van der Waals surface area contributed by atoms with Crippen LogP contribution < -0.4 is 10.6 Å². The Morgan fingerprint density at radius 2 is 1.91 bits per heavy atom. The van der Waals surface area contributed by atoms with Crippen LogP contribution in [0, 0.1) is 0 Å². The number of amides is 5. The van der Waals surface area contributed by atoms with Crippen LogP contribution in [-0.2, 0) is 14.4 Å². The quantitative estimate of drug-likeness (QED) is 0.663. The van der Waals surface area contributed by atoms with E-state index in [1.807, 2.05) is 0 Å². The highest BCUT2D eigenvalue weighted by molar-refractivity contribution is 6.09. The summed E-state index contributed by atoms with van der Waals surface area (Å²) in [6, 6.07) is -0.515. The summed E-state index contributed by atoms with van der Waals surface area (Å²) in [6.07, 6.45) is 3.04. The fourth-order valence-electron chi connectivity index (χ4n) is 3.18. The smallest absolute Gasteiger partial charge is 0.325 e. The molecule has 5 amide bonds. The summed E-state index contributed by atoms with van der Waals surface area (Å²) in [5, 5.41) is 5.36. The molecule has 2 N–H and O–H groups in total. The topological polar surface area (TPSA) is 98.8 Å². The van der Waals surface area contributed by atoms with Gasteiger partial charge in [0.05, 0.1) is 6.54 Å². The average Bonchev–Trinajstić information content (AvgIpc) is 3.06. The van der Waals surface area contributed by atoms with E-state index in [-0.39, 0.29) is 24.9 Å². The molecule has 1 saturated heterocycles. The van der Waals surface area contributed by atoms with Crippen molar-refractivity contribution in [2.45, 2.75) is 45.1 Å². The minimum atomic E-state index is -0.812. The van der Waals surface area contributed by atoms with Crippen LogP contribution in [0.5, 0.6) is 0 Å². The van der Waals surface area contributed by atoms with E-state index in [1.54, 1.807) is 13.8 Å². The van der Waals surface area contributed by atoms with Crippen LogP contribution in [0.3, 0.4) is 0 Å². The molecule has 128 valence electrons. The summed E-state index contributed by atoms with van der Waals surface area (Å²) < 4.78 is 0. The second kappa shape index (κ2) is 6.97. The Hall–Kier alpha value is -2.12. The highest BCUT2D eigenvalue weighted by Crippen LogP contribution is 2.34. The first-order valence-corrected chi connectivity index (χ1v) is 8.12. The largest absolute Gasteiger partial charge is 0.355 e. The van der Waals surface area contributed by atoms with Crippen molar-refractivity contribution in [3.05, 3.63) is 0 Å². The predicted molar refractivity (Wildman–Crippen MR) is 82.4 cm³/mol. The highest BCUT2D eigenvalue weighted by Gasteiger charge is 2.52. The average molecular weight is 324 g/mol. The van der Waals surface area contributed by atoms with Crippen LogP contribution in [0.1, 0.15) is 39.5 Å². The minimum Gasteiger partial charge on any atom is -0.355 e. The number of rotatable bonds is 6. The van der Waals surface area contributed by atoms with E-state index in [1.165, 1.54) is 4.90 Å². The first-order valence-electron chi connectivity index (χ1n) is 8.12. The molecule has 1 aliphatic heterocycles. The maximum atomic E-state index is 12.5. The molecule has 0 aromatic heterocycles. The zero-order chi connectivity index (χ0) is 17.0. The number of nitrogens with zero attached hydrogens (tertiary/aromatic N) is 2. The van der Waals surface area contributed by atoms with Crippen molar-refractivity contribution in [3.63, 3.8) is 0 Å². The van der Waals surface area contributed by atoms with Crippen LogP contribution in [0.25, 0.3) is 0 Å². The van der Waals surface area contributed by atoms with Gasteiger partial charge >= 0.3 is 6.03 Å². The van der Waals surface area contributed by atoms with Gasteiger partial charge in [-0.3, -0.25) is 19.3 Å². The third kappa shape index (κ3) is 3.46. The van der Waals surface area contributed by atoms with E-state index in [9.17, 15) is 19.2 Å². The van der Waals surface area contributed by atoms with Gasteiger partial charge in [-0.2, -0.15) is 0 Å². The molecule has 2 aliphatic rings. The summed E-state index contributed by atoms with van der Waals surface area (Å²) in [4.78, 5) is 50.8. The number of imide groups is 1. The molecule has 8 nitrogen and oxygen atoms in total. The number of hydrogen-bond donors (Lipinski definition) is 2. The second-order valence-corrected chi connectivity index (χ2v) is 5.97. The third-order valence-electron chi connectivity index (χ3n) is 4.44. The van der Waals surface area contributed by atoms with Crippen molar-refractivity contribution >= 4 is 23.8 Å². The number of nitrogens with one attached hydrogen (secondary N) is 2. The molecular weight excluding hydrogens is 300 g/mol. The first kappa shape index (κ1) is 17.2. The fraction of sp³-hybridized carbons (Fsp3) is 0.733. The van der Waals surface area contributed by atoms with E-state index in [0.29, 0.717) is 25.9 Å². The molecule has 0 radical (unpaired) electrons. The van der Waals surface area contributed by atoms with Gasteiger partial charge < -0.3 is 15.5 Å². The van der Waals surface area contributed by atoms with Crippen LogP contribution in [0.15, 0.2) is 0 Å². The molecule has 2 fully saturated rings. The van der Waals surface area contributed by atoms with Crippen LogP contribution in [0.2, 0.25) is 0 Å². The standard InChI is InChI=1S/C15H24N4O4/c1-3-16-11(20)9-18(4-2)12(21)10-19-13(22)15(17-14(19)23)7-5-6-8-15/h3-10H2,1-2H3,(H,16,20)(H,17,23). The number of urea groups is 1. The Morgan fingerprint density at radius 3 is 2.48 bits per heavy atom. The van der Waals surface area contributed by atoms with Crippen LogP contribution >= 0.6 is 0 Å². The summed E-state index contributed by atoms with van der Waals surface area (Å²) in [6.45, 7) is 3.98. The van der Waals surface area contributed by atoms with E-state index < -0.39 is 17.5 Å². The molecule has 0 atom stereocenters. The summed E-state index contributed by atoms with van der Waals surface area (Å²) in [7, 11) is 0. The van der Waals surface area contributed by atoms with E-state index in [2.05, 4.69) is 10.6 Å². The number of hydrogen-bond acceptors (Lipinski definition) is 4. The summed E-state index contributed by atoms with van der Waals surface area (Å²) in [5.41, 5.74) is -0.812. The van der Waals surface area contributed by atoms with Gasteiger partial charge in [0.2, 0.25) is 11.8 Å². The van der Waals surface area contributed by atoms with Crippen molar-refractivity contribution in [3.8, 4) is 0 Å². The van der Waals surface area contributed by atoms with Gasteiger partial charge in [0.1, 0.15) is 12.1 Å². The SMILES string of the molecule is CCNC(=O)CN(CC)C(=O)CN1C(=O)NC2(CCCC2)C1=O. The summed E-state index contributed by atoms with van der Waals surface area (Å²) in [5.74, 6) is -0.980. The number of likely N-dealkylation sites (N-methyl/N-ethyl adjacent to an activating group) is 2. The van der Waals surface area contributed by atoms with E-state index in [4.69, 9.17) is 0 Å². The maximum Gasteiger partial charge on any atom is 0.325 e. The molecule has 0 aromatic rings. The molecule has 0 aromatic carbocycles. The molecule has 1 aliphatic carbocycles. The van der Waals surface area contributed by atoms with E-state index in [0.717, 1.165) is 17.7 Å². The van der Waals surface area contributed by atoms with E-state index >= 15 is 0 Å². The lowest BCUT2D eigenvalue weighted by atomic mass is 9.98. The van der Waals surface area contributed by atoms with Gasteiger partial charge in [-0.1, -0.05) is 12.8 Å². The molecule has 23 heavy (non-hydrogen) atoms. The van der Waals surface area contributed by atoms with Gasteiger partial charge in [0.15, 0.2) is 0 Å². The molecule has 8 heteroatoms. The molecule has 0 unspecified atom stereocenters. The van der Waals surface area contributed by atoms with Crippen LogP contribution in [-0.4, -0.2) is 65.3 Å². The maximum absolute atomic E-state index is 12.5. The Labute approximate surface area is 135 Å². The van der Waals surface area contributed by atoms with Gasteiger partial charge in [-0.25, -0.2) is 4.79 Å². The highest BCUT2D eigenvalue weighted by atomic mass is 16.2. The monoisotopic (exact) mass is 324 g/mol. The van der Waals surface area contributed by atoms with Crippen molar-refractivity contribution in [2.24, 2.45) is 0 Å². The predicted octanol–water partition coefficient (Wildman–Crippen LogP) is -0.164. The Morgan fingerprint density at radius 1 is 1.26 bits per heavy atom. The van der Waals surface area contributed by atoms with Crippen molar-refractivity contribution < 1.29 is 19.2 Å². The minimum absolute atomic E-state index is 0.0715. The van der Waals surface area contributed by atoms with Crippen molar-refractivity contribution in [1.82, 2.24) is 20.4 Å². The molecule has 1 spiro atoms. The fourth-order valence-corrected chi connectivity index (χ4v) is 3.18. The number of carbonyl (C=O) groups excluding carboxylic acids is 4. The van der Waals surface area contributed by atoms with Gasteiger partial charge in [-0.15, -0.1) is 0 Å². The normalized spacial score (nSPS) is 19.1. The Kier molecular flexibility index (Phi) is 5.23. The second-order valence-electron chi connectivity index (χ2n) is 5.97. The molecule has 1 heterocycles. The molecule has 0 bridgehead atoms. The van der Waals surface area contributed by atoms with Gasteiger partial charge in [0, 0.05) is 13.1 Å². The van der Waals surface area contributed by atoms with Crippen LogP contribution in [0.4, 0.5) is 4.79 Å². The lowest BCUT2D eigenvalue weighted by molar-refractivity contribution is -0.140. The van der Waals surface area contributed by atoms with Gasteiger partial charge in [0.25, 0.3) is 5.91 Å². The number of carbonyl (C=O) groups is 4. The molecule has 2 rings (SSSR count). The van der Waals surface area contributed by atoms with Crippen molar-refractivity contribution in [1.29, 1.82) is 0 Å².